The van der Waals surface area contributed by atoms with E-state index in [1.807, 2.05) is 36.4 Å². The molecule has 1 aliphatic rings. The van der Waals surface area contributed by atoms with E-state index in [9.17, 15) is 0 Å². The number of aromatic nitrogens is 2. The van der Waals surface area contributed by atoms with Crippen LogP contribution in [0.25, 0.3) is 11.3 Å². The zero-order chi connectivity index (χ0) is 13.4. The Morgan fingerprint density at radius 1 is 0.950 bits per heavy atom. The fourth-order valence-corrected chi connectivity index (χ4v) is 2.56. The maximum absolute atomic E-state index is 5.95. The van der Waals surface area contributed by atoms with Gasteiger partial charge in [-0.05, 0) is 5.56 Å². The number of rotatable bonds is 2. The van der Waals surface area contributed by atoms with Crippen molar-refractivity contribution >= 4 is 0 Å². The Kier molecular flexibility index (Phi) is 2.56. The fourth-order valence-electron chi connectivity index (χ4n) is 2.56. The van der Waals surface area contributed by atoms with Crippen LogP contribution in [0.3, 0.4) is 0 Å². The van der Waals surface area contributed by atoms with Crippen molar-refractivity contribution in [2.75, 3.05) is 0 Å². The quantitative estimate of drug-likeness (QED) is 0.704. The standard InChI is InChI=1S/C17H14N2O/c1-3-7-13(8-4-1)15-11-19-12-16(20-17(19)18-15)14-9-5-2-6-10-14/h1-11,16H,12H2. The third-order valence-corrected chi connectivity index (χ3v) is 3.59. The fraction of sp³-hybridized carbons (Fsp3) is 0.118. The molecule has 1 aliphatic heterocycles. The normalized spacial score (nSPS) is 16.7. The minimum absolute atomic E-state index is 0.0727. The molecule has 3 aromatic rings. The first-order valence-electron chi connectivity index (χ1n) is 6.74. The molecule has 0 saturated carbocycles. The number of hydrogen-bond donors (Lipinski definition) is 0. The van der Waals surface area contributed by atoms with Gasteiger partial charge in [0.2, 0.25) is 0 Å². The van der Waals surface area contributed by atoms with Gasteiger partial charge in [-0.3, -0.25) is 4.57 Å². The number of ether oxygens (including phenoxy) is 1. The summed E-state index contributed by atoms with van der Waals surface area (Å²) in [6.45, 7) is 0.819. The zero-order valence-electron chi connectivity index (χ0n) is 10.9. The molecule has 0 N–H and O–H groups in total. The molecule has 2 heterocycles. The summed E-state index contributed by atoms with van der Waals surface area (Å²) in [6, 6.07) is 21.2. The average molecular weight is 262 g/mol. The Balaban J connectivity index is 1.61. The van der Waals surface area contributed by atoms with Crippen LogP contribution >= 0.6 is 0 Å². The van der Waals surface area contributed by atoms with Gasteiger partial charge in [0, 0.05) is 11.8 Å². The number of fused-ring (bicyclic) bond motifs is 1. The second-order valence-corrected chi connectivity index (χ2v) is 4.94. The first-order valence-corrected chi connectivity index (χ1v) is 6.74. The molecule has 0 aliphatic carbocycles. The minimum Gasteiger partial charge on any atom is -0.455 e. The van der Waals surface area contributed by atoms with Gasteiger partial charge in [-0.2, -0.15) is 4.98 Å². The van der Waals surface area contributed by atoms with E-state index in [4.69, 9.17) is 4.74 Å². The molecule has 98 valence electrons. The number of imidazole rings is 1. The van der Waals surface area contributed by atoms with Crippen molar-refractivity contribution < 1.29 is 4.74 Å². The molecule has 3 heteroatoms. The van der Waals surface area contributed by atoms with E-state index in [1.165, 1.54) is 5.56 Å². The van der Waals surface area contributed by atoms with Crippen molar-refractivity contribution in [1.29, 1.82) is 0 Å². The smallest absolute Gasteiger partial charge is 0.297 e. The third kappa shape index (κ3) is 1.88. The molecule has 0 fully saturated rings. The summed E-state index contributed by atoms with van der Waals surface area (Å²) in [5.74, 6) is 0. The Bertz CT molecular complexity index is 696. The topological polar surface area (TPSA) is 27.1 Å². The summed E-state index contributed by atoms with van der Waals surface area (Å²) in [5.41, 5.74) is 3.28. The number of nitrogens with zero attached hydrogens (tertiary/aromatic N) is 2. The van der Waals surface area contributed by atoms with E-state index in [-0.39, 0.29) is 6.10 Å². The molecular weight excluding hydrogens is 248 g/mol. The van der Waals surface area contributed by atoms with Crippen LogP contribution in [0.2, 0.25) is 0 Å². The van der Waals surface area contributed by atoms with Gasteiger partial charge < -0.3 is 4.74 Å². The van der Waals surface area contributed by atoms with Gasteiger partial charge in [0.25, 0.3) is 6.01 Å². The first-order chi connectivity index (χ1) is 9.90. The lowest BCUT2D eigenvalue weighted by molar-refractivity contribution is 0.230. The minimum atomic E-state index is 0.0727. The van der Waals surface area contributed by atoms with Crippen molar-refractivity contribution in [2.45, 2.75) is 12.6 Å². The molecule has 0 radical (unpaired) electrons. The molecular formula is C17H14N2O. The van der Waals surface area contributed by atoms with E-state index >= 15 is 0 Å². The van der Waals surface area contributed by atoms with Gasteiger partial charge in [0.1, 0.15) is 6.10 Å². The summed E-state index contributed by atoms with van der Waals surface area (Å²) in [7, 11) is 0. The molecule has 1 aromatic heterocycles. The van der Waals surface area contributed by atoms with Crippen LogP contribution < -0.4 is 4.74 Å². The first kappa shape index (κ1) is 11.3. The monoisotopic (exact) mass is 262 g/mol. The number of hydrogen-bond acceptors (Lipinski definition) is 2. The Hall–Kier alpha value is -2.55. The largest absolute Gasteiger partial charge is 0.455 e. The van der Waals surface area contributed by atoms with Crippen LogP contribution in [0.15, 0.2) is 66.9 Å². The van der Waals surface area contributed by atoms with E-state index < -0.39 is 0 Å². The Labute approximate surface area is 117 Å². The molecule has 3 nitrogen and oxygen atoms in total. The molecule has 0 amide bonds. The predicted molar refractivity (Wildman–Crippen MR) is 77.5 cm³/mol. The van der Waals surface area contributed by atoms with Gasteiger partial charge >= 0.3 is 0 Å². The van der Waals surface area contributed by atoms with E-state index in [2.05, 4.69) is 40.0 Å². The van der Waals surface area contributed by atoms with Crippen LogP contribution in [-0.4, -0.2) is 9.55 Å². The van der Waals surface area contributed by atoms with Gasteiger partial charge in [0.15, 0.2) is 0 Å². The van der Waals surface area contributed by atoms with Crippen molar-refractivity contribution in [2.24, 2.45) is 0 Å². The molecule has 20 heavy (non-hydrogen) atoms. The summed E-state index contributed by atoms with van der Waals surface area (Å²) in [6.07, 6.45) is 2.14. The van der Waals surface area contributed by atoms with Gasteiger partial charge in [-0.1, -0.05) is 60.7 Å². The zero-order valence-corrected chi connectivity index (χ0v) is 10.9. The van der Waals surface area contributed by atoms with Crippen LogP contribution in [0, 0.1) is 0 Å². The maximum Gasteiger partial charge on any atom is 0.297 e. The molecule has 4 rings (SSSR count). The highest BCUT2D eigenvalue weighted by Gasteiger charge is 2.26. The van der Waals surface area contributed by atoms with E-state index in [1.54, 1.807) is 0 Å². The highest BCUT2D eigenvalue weighted by atomic mass is 16.5. The second kappa shape index (κ2) is 4.53. The van der Waals surface area contributed by atoms with E-state index in [0.29, 0.717) is 6.01 Å². The molecule has 1 atom stereocenters. The molecule has 0 saturated heterocycles. The Morgan fingerprint density at radius 2 is 1.65 bits per heavy atom. The predicted octanol–water partition coefficient (Wildman–Crippen LogP) is 3.68. The van der Waals surface area contributed by atoms with Crippen LogP contribution in [0.5, 0.6) is 6.01 Å². The van der Waals surface area contributed by atoms with Crippen LogP contribution in [0.1, 0.15) is 11.7 Å². The van der Waals surface area contributed by atoms with Crippen molar-refractivity contribution in [3.05, 3.63) is 72.4 Å². The molecule has 0 spiro atoms. The maximum atomic E-state index is 5.95. The third-order valence-electron chi connectivity index (χ3n) is 3.59. The highest BCUT2D eigenvalue weighted by Crippen LogP contribution is 2.33. The van der Waals surface area contributed by atoms with Crippen molar-refractivity contribution in [3.8, 4) is 17.3 Å². The molecule has 1 unspecified atom stereocenters. The lowest BCUT2D eigenvalue weighted by Gasteiger charge is -2.09. The van der Waals surface area contributed by atoms with Crippen LogP contribution in [0.4, 0.5) is 0 Å². The molecule has 0 bridgehead atoms. The summed E-state index contributed by atoms with van der Waals surface area (Å²) >= 11 is 0. The lowest BCUT2D eigenvalue weighted by Crippen LogP contribution is -2.04. The average Bonchev–Trinajstić information content (AvgIpc) is 3.08. The summed E-state index contributed by atoms with van der Waals surface area (Å²) in [5, 5.41) is 0. The van der Waals surface area contributed by atoms with Crippen molar-refractivity contribution in [3.63, 3.8) is 0 Å². The van der Waals surface area contributed by atoms with Crippen LogP contribution in [-0.2, 0) is 6.54 Å². The second-order valence-electron chi connectivity index (χ2n) is 4.94. The van der Waals surface area contributed by atoms with Gasteiger partial charge in [-0.15, -0.1) is 0 Å². The summed E-state index contributed by atoms with van der Waals surface area (Å²) < 4.78 is 8.03. The Morgan fingerprint density at radius 3 is 2.35 bits per heavy atom. The van der Waals surface area contributed by atoms with E-state index in [0.717, 1.165) is 17.8 Å². The number of benzene rings is 2. The van der Waals surface area contributed by atoms with Crippen molar-refractivity contribution in [1.82, 2.24) is 9.55 Å². The highest BCUT2D eigenvalue weighted by molar-refractivity contribution is 5.59. The van der Waals surface area contributed by atoms with Gasteiger partial charge in [-0.25, -0.2) is 0 Å². The molecule has 2 aromatic carbocycles. The van der Waals surface area contributed by atoms with Gasteiger partial charge in [0.05, 0.1) is 12.2 Å². The lowest BCUT2D eigenvalue weighted by atomic mass is 10.1. The SMILES string of the molecule is c1ccc(-c2cn3c(n2)OC(c2ccccc2)C3)cc1. The summed E-state index contributed by atoms with van der Waals surface area (Å²) in [4.78, 5) is 4.58.